The molecule has 0 aliphatic rings. The zero-order valence-corrected chi connectivity index (χ0v) is 12.7. The number of hydrogen-bond acceptors (Lipinski definition) is 3. The van der Waals surface area contributed by atoms with Crippen molar-refractivity contribution in [2.24, 2.45) is 5.73 Å². The summed E-state index contributed by atoms with van der Waals surface area (Å²) in [5.41, 5.74) is 5.29. The van der Waals surface area contributed by atoms with Crippen molar-refractivity contribution in [2.45, 2.75) is 17.7 Å². The van der Waals surface area contributed by atoms with Crippen LogP contribution in [0.25, 0.3) is 0 Å². The van der Waals surface area contributed by atoms with E-state index in [0.717, 1.165) is 12.5 Å². The van der Waals surface area contributed by atoms with Crippen molar-refractivity contribution in [1.82, 2.24) is 4.72 Å². The highest BCUT2D eigenvalue weighted by molar-refractivity contribution is 9.10. The van der Waals surface area contributed by atoms with Crippen molar-refractivity contribution >= 4 is 38.4 Å². The Balaban J connectivity index is 0.00000289. The number of benzene rings is 1. The molecule has 0 radical (unpaired) electrons. The smallest absolute Gasteiger partial charge is 0.243 e. The quantitative estimate of drug-likeness (QED) is 0.762. The molecule has 104 valence electrons. The van der Waals surface area contributed by atoms with Gasteiger partial charge >= 0.3 is 0 Å². The summed E-state index contributed by atoms with van der Waals surface area (Å²) in [6.07, 6.45) is 1.36. The molecule has 1 rings (SSSR count). The largest absolute Gasteiger partial charge is 0.330 e. The van der Waals surface area contributed by atoms with Gasteiger partial charge in [0.1, 0.15) is 10.7 Å². The maximum absolute atomic E-state index is 13.5. The number of hydrogen-bond donors (Lipinski definition) is 2. The van der Waals surface area contributed by atoms with Gasteiger partial charge in [0.15, 0.2) is 0 Å². The van der Waals surface area contributed by atoms with Crippen LogP contribution < -0.4 is 10.5 Å². The number of unbranched alkanes of at least 4 members (excludes halogenated alkanes) is 1. The Morgan fingerprint density at radius 1 is 1.33 bits per heavy atom. The normalized spacial score (nSPS) is 11.1. The van der Waals surface area contributed by atoms with Crippen molar-refractivity contribution in [3.05, 3.63) is 28.5 Å². The van der Waals surface area contributed by atoms with Gasteiger partial charge in [-0.1, -0.05) is 15.9 Å². The van der Waals surface area contributed by atoms with Gasteiger partial charge in [-0.3, -0.25) is 0 Å². The molecule has 0 fully saturated rings. The van der Waals surface area contributed by atoms with Crippen molar-refractivity contribution in [2.75, 3.05) is 13.1 Å². The van der Waals surface area contributed by atoms with Gasteiger partial charge in [0, 0.05) is 11.0 Å². The number of halogens is 3. The van der Waals surface area contributed by atoms with Crippen LogP contribution in [-0.2, 0) is 10.0 Å². The summed E-state index contributed by atoms with van der Waals surface area (Å²) in [5.74, 6) is -0.773. The molecule has 1 aromatic carbocycles. The summed E-state index contributed by atoms with van der Waals surface area (Å²) in [6, 6.07) is 3.83. The average molecular weight is 362 g/mol. The first-order valence-electron chi connectivity index (χ1n) is 5.12. The van der Waals surface area contributed by atoms with Gasteiger partial charge in [0.05, 0.1) is 0 Å². The molecule has 0 saturated carbocycles. The molecular formula is C10H15BrClFN2O2S. The van der Waals surface area contributed by atoms with Gasteiger partial charge in [-0.2, -0.15) is 0 Å². The van der Waals surface area contributed by atoms with Gasteiger partial charge in [-0.15, -0.1) is 12.4 Å². The highest BCUT2D eigenvalue weighted by Gasteiger charge is 2.18. The first-order valence-corrected chi connectivity index (χ1v) is 7.40. The molecule has 0 aliphatic carbocycles. The number of nitrogens with one attached hydrogen (secondary N) is 1. The molecule has 0 atom stereocenters. The lowest BCUT2D eigenvalue weighted by molar-refractivity contribution is 0.554. The molecule has 8 heteroatoms. The predicted molar refractivity (Wildman–Crippen MR) is 74.8 cm³/mol. The predicted octanol–water partition coefficient (Wildman–Crippen LogP) is 2.03. The third-order valence-electron chi connectivity index (χ3n) is 2.11. The standard InChI is InChI=1S/C10H14BrFN2O2S.ClH/c11-8-3-4-10(9(12)7-8)17(15,16)14-6-2-1-5-13;/h3-4,7,14H,1-2,5-6,13H2;1H. The van der Waals surface area contributed by atoms with Crippen molar-refractivity contribution in [1.29, 1.82) is 0 Å². The minimum Gasteiger partial charge on any atom is -0.330 e. The van der Waals surface area contributed by atoms with E-state index in [1.807, 2.05) is 0 Å². The maximum atomic E-state index is 13.5. The van der Waals surface area contributed by atoms with Crippen LogP contribution in [-0.4, -0.2) is 21.5 Å². The van der Waals surface area contributed by atoms with Gasteiger partial charge in [0.25, 0.3) is 0 Å². The highest BCUT2D eigenvalue weighted by Crippen LogP contribution is 2.19. The molecule has 0 unspecified atom stereocenters. The molecule has 0 aliphatic heterocycles. The van der Waals surface area contributed by atoms with Gasteiger partial charge < -0.3 is 5.73 Å². The van der Waals surface area contributed by atoms with E-state index in [1.165, 1.54) is 12.1 Å². The molecule has 0 aromatic heterocycles. The van der Waals surface area contributed by atoms with Crippen LogP contribution >= 0.6 is 28.3 Å². The first kappa shape index (κ1) is 17.8. The van der Waals surface area contributed by atoms with Crippen LogP contribution in [0.4, 0.5) is 4.39 Å². The lowest BCUT2D eigenvalue weighted by atomic mass is 10.3. The monoisotopic (exact) mass is 360 g/mol. The second kappa shape index (κ2) is 8.06. The van der Waals surface area contributed by atoms with E-state index in [9.17, 15) is 12.8 Å². The zero-order valence-electron chi connectivity index (χ0n) is 9.53. The molecule has 4 nitrogen and oxygen atoms in total. The summed E-state index contributed by atoms with van der Waals surface area (Å²) < 4.78 is 39.7. The van der Waals surface area contributed by atoms with E-state index in [-0.39, 0.29) is 23.8 Å². The molecule has 3 N–H and O–H groups in total. The lowest BCUT2D eigenvalue weighted by Crippen LogP contribution is -2.26. The number of sulfonamides is 1. The topological polar surface area (TPSA) is 72.2 Å². The van der Waals surface area contributed by atoms with E-state index >= 15 is 0 Å². The Kier molecular flexibility index (Phi) is 7.97. The SMILES string of the molecule is Cl.NCCCCNS(=O)(=O)c1ccc(Br)cc1F. The third kappa shape index (κ3) is 5.19. The van der Waals surface area contributed by atoms with Gasteiger partial charge in [0.2, 0.25) is 10.0 Å². The summed E-state index contributed by atoms with van der Waals surface area (Å²) in [5, 5.41) is 0. The minimum atomic E-state index is -3.77. The molecule has 0 saturated heterocycles. The minimum absolute atomic E-state index is 0. The van der Waals surface area contributed by atoms with E-state index in [0.29, 0.717) is 17.4 Å². The van der Waals surface area contributed by atoms with Crippen LogP contribution in [0.5, 0.6) is 0 Å². The molecule has 0 amide bonds. The van der Waals surface area contributed by atoms with Crippen LogP contribution in [0.3, 0.4) is 0 Å². The highest BCUT2D eigenvalue weighted by atomic mass is 79.9. The van der Waals surface area contributed by atoms with Crippen LogP contribution in [0.1, 0.15) is 12.8 Å². The number of rotatable bonds is 6. The van der Waals surface area contributed by atoms with Crippen molar-refractivity contribution < 1.29 is 12.8 Å². The molecular weight excluding hydrogens is 347 g/mol. The second-order valence-corrected chi connectivity index (χ2v) is 6.12. The fraction of sp³-hybridized carbons (Fsp3) is 0.400. The maximum Gasteiger partial charge on any atom is 0.243 e. The average Bonchev–Trinajstić information content (AvgIpc) is 2.24. The van der Waals surface area contributed by atoms with Crippen LogP contribution in [0.15, 0.2) is 27.6 Å². The summed E-state index contributed by atoms with van der Waals surface area (Å²) in [7, 11) is -3.77. The summed E-state index contributed by atoms with van der Waals surface area (Å²) in [6.45, 7) is 0.767. The third-order valence-corrected chi connectivity index (χ3v) is 4.09. The van der Waals surface area contributed by atoms with E-state index in [1.54, 1.807) is 0 Å². The molecule has 0 spiro atoms. The Hall–Kier alpha value is -0.210. The van der Waals surface area contributed by atoms with Crippen LogP contribution in [0, 0.1) is 5.82 Å². The number of nitrogens with two attached hydrogens (primary N) is 1. The lowest BCUT2D eigenvalue weighted by Gasteiger charge is -2.07. The van der Waals surface area contributed by atoms with Gasteiger partial charge in [-0.05, 0) is 37.6 Å². The van der Waals surface area contributed by atoms with Crippen molar-refractivity contribution in [3.8, 4) is 0 Å². The summed E-state index contributed by atoms with van der Waals surface area (Å²) >= 11 is 3.07. The summed E-state index contributed by atoms with van der Waals surface area (Å²) in [4.78, 5) is -0.339. The second-order valence-electron chi connectivity index (χ2n) is 3.47. The van der Waals surface area contributed by atoms with Gasteiger partial charge in [-0.25, -0.2) is 17.5 Å². The molecule has 0 heterocycles. The first-order chi connectivity index (χ1) is 7.97. The van der Waals surface area contributed by atoms with Crippen LogP contribution in [0.2, 0.25) is 0 Å². The molecule has 18 heavy (non-hydrogen) atoms. The fourth-order valence-electron chi connectivity index (χ4n) is 1.25. The zero-order chi connectivity index (χ0) is 12.9. The molecule has 1 aromatic rings. The van der Waals surface area contributed by atoms with E-state index < -0.39 is 15.8 Å². The Bertz CT molecular complexity index is 485. The Morgan fingerprint density at radius 3 is 2.56 bits per heavy atom. The van der Waals surface area contributed by atoms with E-state index in [2.05, 4.69) is 20.7 Å². The van der Waals surface area contributed by atoms with E-state index in [4.69, 9.17) is 5.73 Å². The Morgan fingerprint density at radius 2 is 2.00 bits per heavy atom. The van der Waals surface area contributed by atoms with Crippen molar-refractivity contribution in [3.63, 3.8) is 0 Å². The fourth-order valence-corrected chi connectivity index (χ4v) is 2.71. The molecule has 0 bridgehead atoms. The Labute approximate surface area is 121 Å².